The number of fused-ring (bicyclic) bond motifs is 5. The Morgan fingerprint density at radius 3 is 1.35 bits per heavy atom. The average Bonchev–Trinajstić information content (AvgIpc) is 4.07. The summed E-state index contributed by atoms with van der Waals surface area (Å²) in [6.45, 7) is 4.79. The van der Waals surface area contributed by atoms with Crippen LogP contribution in [-0.4, -0.2) is 0 Å². The number of nitrogens with zero attached hydrogens (tertiary/aromatic N) is 2. The first kappa shape index (κ1) is 39.0. The van der Waals surface area contributed by atoms with Crippen LogP contribution in [0.4, 0.5) is 34.1 Å². The van der Waals surface area contributed by atoms with Crippen LogP contribution in [0.15, 0.2) is 218 Å². The predicted molar refractivity (Wildman–Crippen MR) is 275 cm³/mol. The van der Waals surface area contributed by atoms with Gasteiger partial charge in [0.1, 0.15) is 0 Å². The van der Waals surface area contributed by atoms with E-state index in [-0.39, 0.29) is 10.8 Å². The van der Waals surface area contributed by atoms with Gasteiger partial charge in [-0.15, -0.1) is 0 Å². The highest BCUT2D eigenvalue weighted by Crippen LogP contribution is 2.69. The third-order valence-electron chi connectivity index (χ3n) is 16.0. The second-order valence-corrected chi connectivity index (χ2v) is 19.6. The van der Waals surface area contributed by atoms with Gasteiger partial charge >= 0.3 is 0 Å². The summed E-state index contributed by atoms with van der Waals surface area (Å²) in [6.07, 6.45) is 4.69. The third-order valence-corrected chi connectivity index (χ3v) is 16.0. The van der Waals surface area contributed by atoms with Gasteiger partial charge in [0.2, 0.25) is 0 Å². The van der Waals surface area contributed by atoms with Crippen molar-refractivity contribution in [3.63, 3.8) is 0 Å². The lowest BCUT2D eigenvalue weighted by atomic mass is 9.68. The Hall–Kier alpha value is -7.42. The number of hydrogen-bond acceptors (Lipinski definition) is 2. The molecule has 4 aliphatic rings. The van der Waals surface area contributed by atoms with Crippen LogP contribution >= 0.6 is 0 Å². The van der Waals surface area contributed by atoms with Crippen molar-refractivity contribution in [2.45, 2.75) is 50.4 Å². The van der Waals surface area contributed by atoms with Gasteiger partial charge in [-0.25, -0.2) is 0 Å². The number of benzene rings is 9. The van der Waals surface area contributed by atoms with E-state index in [1.54, 1.807) is 0 Å². The molecule has 1 saturated carbocycles. The molecule has 2 heteroatoms. The molecule has 3 atom stereocenters. The van der Waals surface area contributed by atoms with E-state index in [2.05, 4.69) is 242 Å². The molecule has 0 heterocycles. The van der Waals surface area contributed by atoms with Gasteiger partial charge in [0.25, 0.3) is 0 Å². The molecule has 1 spiro atoms. The number of anilines is 6. The molecule has 13 rings (SSSR count). The molecule has 0 amide bonds. The lowest BCUT2D eigenvalue weighted by Crippen LogP contribution is -2.34. The Kier molecular flexibility index (Phi) is 8.90. The zero-order valence-corrected chi connectivity index (χ0v) is 37.7. The molecule has 318 valence electrons. The Bertz CT molecular complexity index is 3270. The lowest BCUT2D eigenvalue weighted by Gasteiger charge is -2.40. The molecule has 2 nitrogen and oxygen atoms in total. The standard InChI is InChI=1S/C64H52N2/c1-63(2)57-25-13-12-24-55(57)56-39-38-54(42-58(56)63)66(52-22-10-5-11-23-52)60-27-15-19-48-41-50-35-34-49-40-47-18-14-26-59(61(47)64(49,50)62(48)60)65(51-20-8-4-9-21-51)53-36-32-46(33-37-53)45-30-28-44(29-31-45)43-16-6-3-7-17-43/h3-33,36-39,42,49-50H,34-35,40-41H2,1-2H3. The summed E-state index contributed by atoms with van der Waals surface area (Å²) in [7, 11) is 0. The van der Waals surface area contributed by atoms with Crippen molar-refractivity contribution in [3.8, 4) is 33.4 Å². The van der Waals surface area contributed by atoms with Crippen molar-refractivity contribution in [1.29, 1.82) is 0 Å². The molecular weight excluding hydrogens is 797 g/mol. The highest BCUT2D eigenvalue weighted by molar-refractivity contribution is 5.89. The Morgan fingerprint density at radius 1 is 0.364 bits per heavy atom. The summed E-state index contributed by atoms with van der Waals surface area (Å²) in [6, 6.07) is 81.8. The first-order chi connectivity index (χ1) is 32.5. The molecule has 4 aliphatic carbocycles. The molecule has 0 aromatic heterocycles. The zero-order chi connectivity index (χ0) is 44.0. The number of rotatable bonds is 8. The highest BCUT2D eigenvalue weighted by Gasteiger charge is 2.62. The van der Waals surface area contributed by atoms with Gasteiger partial charge in [-0.3, -0.25) is 0 Å². The first-order valence-corrected chi connectivity index (χ1v) is 23.9. The van der Waals surface area contributed by atoms with Crippen molar-refractivity contribution >= 4 is 34.1 Å². The average molecular weight is 849 g/mol. The minimum Gasteiger partial charge on any atom is -0.310 e. The summed E-state index contributed by atoms with van der Waals surface area (Å²) in [5.41, 5.74) is 23.7. The van der Waals surface area contributed by atoms with E-state index in [0.29, 0.717) is 11.8 Å². The molecule has 3 unspecified atom stereocenters. The summed E-state index contributed by atoms with van der Waals surface area (Å²) in [5, 5.41) is 0. The molecule has 66 heavy (non-hydrogen) atoms. The van der Waals surface area contributed by atoms with Crippen LogP contribution in [-0.2, 0) is 23.7 Å². The third kappa shape index (κ3) is 5.80. The Labute approximate surface area is 389 Å². The van der Waals surface area contributed by atoms with E-state index in [1.807, 2.05) is 0 Å². The fraction of sp³-hybridized carbons (Fsp3) is 0.156. The number of hydrogen-bond donors (Lipinski definition) is 0. The largest absolute Gasteiger partial charge is 0.310 e. The summed E-state index contributed by atoms with van der Waals surface area (Å²) in [5.74, 6) is 1.04. The molecule has 9 aromatic rings. The van der Waals surface area contributed by atoms with Gasteiger partial charge in [-0.2, -0.15) is 0 Å². The van der Waals surface area contributed by atoms with Crippen LogP contribution in [0.2, 0.25) is 0 Å². The van der Waals surface area contributed by atoms with Crippen molar-refractivity contribution < 1.29 is 0 Å². The monoisotopic (exact) mass is 848 g/mol. The van der Waals surface area contributed by atoms with Gasteiger partial charge in [0.15, 0.2) is 0 Å². The Balaban J connectivity index is 0.969. The fourth-order valence-corrected chi connectivity index (χ4v) is 13.2. The fourth-order valence-electron chi connectivity index (χ4n) is 13.2. The summed E-state index contributed by atoms with van der Waals surface area (Å²) < 4.78 is 0. The maximum absolute atomic E-state index is 2.60. The van der Waals surface area contributed by atoms with E-state index in [0.717, 1.165) is 12.8 Å². The van der Waals surface area contributed by atoms with Gasteiger partial charge < -0.3 is 9.80 Å². The van der Waals surface area contributed by atoms with Crippen LogP contribution in [0.25, 0.3) is 33.4 Å². The van der Waals surface area contributed by atoms with Crippen LogP contribution in [0.1, 0.15) is 60.1 Å². The zero-order valence-electron chi connectivity index (χ0n) is 37.7. The van der Waals surface area contributed by atoms with Gasteiger partial charge in [-0.05, 0) is 165 Å². The predicted octanol–water partition coefficient (Wildman–Crippen LogP) is 16.7. The van der Waals surface area contributed by atoms with Gasteiger partial charge in [0.05, 0.1) is 11.4 Å². The van der Waals surface area contributed by atoms with Crippen LogP contribution in [0.5, 0.6) is 0 Å². The van der Waals surface area contributed by atoms with Gasteiger partial charge in [0, 0.05) is 33.6 Å². The second-order valence-electron chi connectivity index (χ2n) is 19.6. The normalized spacial score (nSPS) is 19.0. The van der Waals surface area contributed by atoms with E-state index < -0.39 is 0 Å². The van der Waals surface area contributed by atoms with Crippen molar-refractivity contribution in [2.24, 2.45) is 11.8 Å². The summed E-state index contributed by atoms with van der Waals surface area (Å²) >= 11 is 0. The Morgan fingerprint density at radius 2 is 0.788 bits per heavy atom. The smallest absolute Gasteiger partial charge is 0.0505 e. The highest BCUT2D eigenvalue weighted by atomic mass is 15.2. The van der Waals surface area contributed by atoms with Crippen molar-refractivity contribution in [3.05, 3.63) is 252 Å². The van der Waals surface area contributed by atoms with Gasteiger partial charge in [-0.1, -0.05) is 172 Å². The summed E-state index contributed by atoms with van der Waals surface area (Å²) in [4.78, 5) is 5.16. The van der Waals surface area contributed by atoms with E-state index in [1.165, 1.54) is 114 Å². The molecule has 0 aliphatic heterocycles. The number of para-hydroxylation sites is 2. The lowest BCUT2D eigenvalue weighted by molar-refractivity contribution is 0.350. The topological polar surface area (TPSA) is 6.48 Å². The van der Waals surface area contributed by atoms with Crippen LogP contribution in [0, 0.1) is 11.8 Å². The van der Waals surface area contributed by atoms with Crippen LogP contribution in [0.3, 0.4) is 0 Å². The van der Waals surface area contributed by atoms with Crippen molar-refractivity contribution in [1.82, 2.24) is 0 Å². The quantitative estimate of drug-likeness (QED) is 0.150. The SMILES string of the molecule is CC1(C)c2ccccc2-c2ccc(N(c3ccccc3)c3cccc4c3C35c6c(cccc6N(c6ccccc6)c6ccc(-c7ccc(-c8ccccc8)cc7)cc6)CC3CCC5C4)cc21. The van der Waals surface area contributed by atoms with E-state index in [9.17, 15) is 0 Å². The van der Waals surface area contributed by atoms with Crippen LogP contribution < -0.4 is 9.80 Å². The molecule has 0 radical (unpaired) electrons. The van der Waals surface area contributed by atoms with E-state index >= 15 is 0 Å². The molecule has 1 fully saturated rings. The molecule has 9 aromatic carbocycles. The maximum atomic E-state index is 2.60. The molecular formula is C64H52N2. The van der Waals surface area contributed by atoms with Crippen molar-refractivity contribution in [2.75, 3.05) is 9.80 Å². The molecule has 0 saturated heterocycles. The minimum absolute atomic E-state index is 0.103. The van der Waals surface area contributed by atoms with E-state index in [4.69, 9.17) is 0 Å². The molecule has 0 N–H and O–H groups in total. The maximum Gasteiger partial charge on any atom is 0.0505 e. The second kappa shape index (κ2) is 15.1. The minimum atomic E-state index is -0.134. The first-order valence-electron chi connectivity index (χ1n) is 23.9. The molecule has 0 bridgehead atoms.